The highest BCUT2D eigenvalue weighted by Gasteiger charge is 2.13. The van der Waals surface area contributed by atoms with Gasteiger partial charge in [0.1, 0.15) is 17.3 Å². The van der Waals surface area contributed by atoms with Crippen molar-refractivity contribution in [1.29, 1.82) is 0 Å². The molecule has 0 spiro atoms. The van der Waals surface area contributed by atoms with E-state index in [-0.39, 0.29) is 18.0 Å². The summed E-state index contributed by atoms with van der Waals surface area (Å²) in [4.78, 5) is 36.2. The molecule has 3 amide bonds. The first kappa shape index (κ1) is 26.2. The largest absolute Gasteiger partial charge is 0.494 e. The van der Waals surface area contributed by atoms with Crippen LogP contribution >= 0.6 is 11.6 Å². The van der Waals surface area contributed by atoms with Gasteiger partial charge in [0.2, 0.25) is 0 Å². The molecule has 36 heavy (non-hydrogen) atoms. The Morgan fingerprint density at radius 2 is 1.58 bits per heavy atom. The van der Waals surface area contributed by atoms with E-state index in [0.29, 0.717) is 28.6 Å². The minimum atomic E-state index is -1.05. The molecule has 3 N–H and O–H groups in total. The van der Waals surface area contributed by atoms with E-state index in [0.717, 1.165) is 12.1 Å². The number of halogens is 2. The van der Waals surface area contributed by atoms with Crippen molar-refractivity contribution in [3.63, 3.8) is 0 Å². The molecule has 0 heterocycles. The average molecular weight is 513 g/mol. The third-order valence-electron chi connectivity index (χ3n) is 4.46. The molecule has 0 unspecified atom stereocenters. The third kappa shape index (κ3) is 8.10. The van der Waals surface area contributed by atoms with Gasteiger partial charge in [-0.05, 0) is 73.7 Å². The predicted molar refractivity (Wildman–Crippen MR) is 134 cm³/mol. The second kappa shape index (κ2) is 12.9. The highest BCUT2D eigenvalue weighted by molar-refractivity contribution is 6.39. The van der Waals surface area contributed by atoms with E-state index in [1.807, 2.05) is 6.92 Å². The van der Waals surface area contributed by atoms with Crippen LogP contribution < -0.4 is 25.5 Å². The maximum Gasteiger partial charge on any atom is 0.329 e. The van der Waals surface area contributed by atoms with E-state index in [1.54, 1.807) is 30.3 Å². The van der Waals surface area contributed by atoms with Gasteiger partial charge >= 0.3 is 11.8 Å². The highest BCUT2D eigenvalue weighted by Crippen LogP contribution is 2.22. The van der Waals surface area contributed by atoms with Gasteiger partial charge in [-0.3, -0.25) is 14.4 Å². The van der Waals surface area contributed by atoms with Gasteiger partial charge in [0.15, 0.2) is 6.61 Å². The Hall–Kier alpha value is -4.44. The van der Waals surface area contributed by atoms with Crippen LogP contribution in [0.3, 0.4) is 0 Å². The van der Waals surface area contributed by atoms with Crippen molar-refractivity contribution in [3.05, 3.63) is 83.1 Å². The topological polar surface area (TPSA) is 118 Å². The van der Waals surface area contributed by atoms with Crippen molar-refractivity contribution < 1.29 is 28.2 Å². The van der Waals surface area contributed by atoms with Gasteiger partial charge in [-0.2, -0.15) is 5.10 Å². The van der Waals surface area contributed by atoms with Gasteiger partial charge in [0, 0.05) is 22.0 Å². The number of anilines is 2. The lowest BCUT2D eigenvalue weighted by Gasteiger charge is -2.10. The maximum absolute atomic E-state index is 12.9. The van der Waals surface area contributed by atoms with Gasteiger partial charge in [-0.25, -0.2) is 9.82 Å². The van der Waals surface area contributed by atoms with Crippen LogP contribution in [0.2, 0.25) is 5.02 Å². The van der Waals surface area contributed by atoms with Crippen LogP contribution in [-0.4, -0.2) is 37.1 Å². The van der Waals surface area contributed by atoms with Crippen molar-refractivity contribution in [3.8, 4) is 11.5 Å². The van der Waals surface area contributed by atoms with E-state index in [9.17, 15) is 18.8 Å². The zero-order valence-electron chi connectivity index (χ0n) is 19.1. The van der Waals surface area contributed by atoms with Crippen LogP contribution in [0, 0.1) is 5.82 Å². The lowest BCUT2D eigenvalue weighted by molar-refractivity contribution is -0.136. The van der Waals surface area contributed by atoms with Crippen molar-refractivity contribution in [1.82, 2.24) is 5.43 Å². The molecule has 0 aliphatic carbocycles. The number of carbonyl (C=O) groups excluding carboxylic acids is 3. The minimum Gasteiger partial charge on any atom is -0.494 e. The van der Waals surface area contributed by atoms with Crippen LogP contribution in [0.4, 0.5) is 15.8 Å². The number of hydrogen-bond acceptors (Lipinski definition) is 6. The molecule has 0 atom stereocenters. The van der Waals surface area contributed by atoms with E-state index in [2.05, 4.69) is 21.2 Å². The highest BCUT2D eigenvalue weighted by atomic mass is 35.5. The Labute approximate surface area is 211 Å². The number of amides is 3. The number of hydrogen-bond donors (Lipinski definition) is 3. The summed E-state index contributed by atoms with van der Waals surface area (Å²) in [6.45, 7) is 2.12. The van der Waals surface area contributed by atoms with Gasteiger partial charge in [-0.15, -0.1) is 0 Å². The van der Waals surface area contributed by atoms with Gasteiger partial charge in [-0.1, -0.05) is 11.6 Å². The average Bonchev–Trinajstić information content (AvgIpc) is 2.86. The molecule has 3 rings (SSSR count). The molecule has 0 bridgehead atoms. The molecule has 3 aromatic carbocycles. The van der Waals surface area contributed by atoms with Crippen molar-refractivity contribution >= 4 is 46.9 Å². The Morgan fingerprint density at radius 1 is 0.917 bits per heavy atom. The van der Waals surface area contributed by atoms with Crippen LogP contribution in [0.5, 0.6) is 11.5 Å². The van der Waals surface area contributed by atoms with Crippen molar-refractivity contribution in [2.24, 2.45) is 5.10 Å². The Balaban J connectivity index is 1.54. The lowest BCUT2D eigenvalue weighted by atomic mass is 10.2. The molecule has 11 heteroatoms. The number of carbonyl (C=O) groups is 3. The SMILES string of the molecule is CCOc1ccc(NC(=O)COc2ccc(Cl)cc2/C=N\NC(=O)C(=O)Nc2ccc(F)cc2)cc1. The molecule has 0 aliphatic heterocycles. The summed E-state index contributed by atoms with van der Waals surface area (Å²) in [6.07, 6.45) is 1.22. The Morgan fingerprint density at radius 3 is 2.28 bits per heavy atom. The monoisotopic (exact) mass is 512 g/mol. The van der Waals surface area contributed by atoms with Crippen LogP contribution in [0.15, 0.2) is 71.8 Å². The fraction of sp³-hybridized carbons (Fsp3) is 0.120. The van der Waals surface area contributed by atoms with E-state index >= 15 is 0 Å². The molecule has 0 saturated heterocycles. The summed E-state index contributed by atoms with van der Waals surface area (Å²) in [7, 11) is 0. The zero-order chi connectivity index (χ0) is 25.9. The fourth-order valence-electron chi connectivity index (χ4n) is 2.83. The molecule has 0 fully saturated rings. The number of hydrazone groups is 1. The van der Waals surface area contributed by atoms with Crippen molar-refractivity contribution in [2.45, 2.75) is 6.92 Å². The molecule has 186 valence electrons. The van der Waals surface area contributed by atoms with Crippen molar-refractivity contribution in [2.75, 3.05) is 23.8 Å². The normalized spacial score (nSPS) is 10.5. The Bertz CT molecular complexity index is 1250. The molecule has 3 aromatic rings. The summed E-state index contributed by atoms with van der Waals surface area (Å²) >= 11 is 6.03. The van der Waals surface area contributed by atoms with Crippen LogP contribution in [0.1, 0.15) is 12.5 Å². The molecule has 9 nitrogen and oxygen atoms in total. The summed E-state index contributed by atoms with van der Waals surface area (Å²) in [6, 6.07) is 16.4. The van der Waals surface area contributed by atoms with Gasteiger partial charge in [0.25, 0.3) is 5.91 Å². The first-order chi connectivity index (χ1) is 17.3. The van der Waals surface area contributed by atoms with E-state index in [1.165, 1.54) is 30.5 Å². The summed E-state index contributed by atoms with van der Waals surface area (Å²) < 4.78 is 23.9. The third-order valence-corrected chi connectivity index (χ3v) is 4.69. The minimum absolute atomic E-state index is 0.245. The molecule has 0 radical (unpaired) electrons. The summed E-state index contributed by atoms with van der Waals surface area (Å²) in [5, 5.41) is 9.12. The molecule has 0 aliphatic rings. The number of nitrogens with zero attached hydrogens (tertiary/aromatic N) is 1. The number of benzene rings is 3. The lowest BCUT2D eigenvalue weighted by Crippen LogP contribution is -2.32. The molecule has 0 aromatic heterocycles. The molecular weight excluding hydrogens is 491 g/mol. The van der Waals surface area contributed by atoms with E-state index in [4.69, 9.17) is 21.1 Å². The molecular formula is C25H22ClFN4O5. The first-order valence-electron chi connectivity index (χ1n) is 10.7. The predicted octanol–water partition coefficient (Wildman–Crippen LogP) is 3.98. The van der Waals surface area contributed by atoms with Gasteiger partial charge < -0.3 is 20.1 Å². The van der Waals surface area contributed by atoms with Crippen LogP contribution in [-0.2, 0) is 14.4 Å². The smallest absolute Gasteiger partial charge is 0.329 e. The molecule has 0 saturated carbocycles. The Kier molecular flexibility index (Phi) is 9.35. The first-order valence-corrected chi connectivity index (χ1v) is 11.1. The maximum atomic E-state index is 12.9. The zero-order valence-corrected chi connectivity index (χ0v) is 19.8. The fourth-order valence-corrected chi connectivity index (χ4v) is 3.01. The standard InChI is InChI=1S/C25H22ClFN4O5/c1-2-35-21-10-8-19(9-11-21)29-23(32)15-36-22-12-3-17(26)13-16(22)14-28-31-25(34)24(33)30-20-6-4-18(27)5-7-20/h3-14H,2,15H2,1H3,(H,29,32)(H,30,33)(H,31,34)/b28-14-. The summed E-state index contributed by atoms with van der Waals surface area (Å²) in [5.41, 5.74) is 3.25. The number of nitrogens with one attached hydrogen (secondary N) is 3. The number of rotatable bonds is 9. The quantitative estimate of drug-likeness (QED) is 0.228. The van der Waals surface area contributed by atoms with Gasteiger partial charge in [0.05, 0.1) is 12.8 Å². The number of ether oxygens (including phenoxy) is 2. The van der Waals surface area contributed by atoms with Crippen LogP contribution in [0.25, 0.3) is 0 Å². The second-order valence-electron chi connectivity index (χ2n) is 7.14. The second-order valence-corrected chi connectivity index (χ2v) is 7.57. The summed E-state index contributed by atoms with van der Waals surface area (Å²) in [5.74, 6) is -1.95. The van der Waals surface area contributed by atoms with E-state index < -0.39 is 23.5 Å².